The molecule has 1 heterocycles. The molecule has 0 aliphatic rings. The second-order valence-electron chi connectivity index (χ2n) is 2.25. The molecule has 0 aliphatic heterocycles. The lowest BCUT2D eigenvalue weighted by Crippen LogP contribution is -2.05. The van der Waals surface area contributed by atoms with Gasteiger partial charge in [0.15, 0.2) is 6.29 Å². The lowest BCUT2D eigenvalue weighted by molar-refractivity contribution is 0.104. The first-order valence-corrected chi connectivity index (χ1v) is 3.26. The van der Waals surface area contributed by atoms with Gasteiger partial charge in [-0.2, -0.15) is 5.10 Å². The van der Waals surface area contributed by atoms with Crippen molar-refractivity contribution in [2.45, 2.75) is 13.7 Å². The molecule has 60 valence electrons. The zero-order valence-electron chi connectivity index (χ0n) is 6.57. The van der Waals surface area contributed by atoms with Crippen LogP contribution >= 0.6 is 0 Å². The molecule has 0 aromatic carbocycles. The van der Waals surface area contributed by atoms with Crippen molar-refractivity contribution >= 4 is 6.29 Å². The van der Waals surface area contributed by atoms with Gasteiger partial charge in [0, 0.05) is 7.11 Å². The van der Waals surface area contributed by atoms with E-state index in [0.717, 1.165) is 11.8 Å². The first-order chi connectivity index (χ1) is 5.29. The molecule has 11 heavy (non-hydrogen) atoms. The monoisotopic (exact) mass is 154 g/mol. The molecule has 0 aliphatic carbocycles. The number of carbonyl (C=O) groups excluding carboxylic acids is 1. The van der Waals surface area contributed by atoms with Crippen molar-refractivity contribution in [1.82, 2.24) is 9.78 Å². The number of nitrogens with zero attached hydrogens (tertiary/aromatic N) is 2. The Balaban J connectivity index is 2.95. The highest BCUT2D eigenvalue weighted by Crippen LogP contribution is 2.02. The number of methoxy groups -OCH3 is 1. The van der Waals surface area contributed by atoms with Crippen LogP contribution in [0.5, 0.6) is 0 Å². The molecule has 0 amide bonds. The van der Waals surface area contributed by atoms with Gasteiger partial charge in [-0.3, -0.25) is 4.79 Å². The van der Waals surface area contributed by atoms with Crippen LogP contribution in [0.1, 0.15) is 16.1 Å². The fourth-order valence-corrected chi connectivity index (χ4v) is 0.867. The molecule has 0 unspecified atom stereocenters. The lowest BCUT2D eigenvalue weighted by atomic mass is 10.3. The van der Waals surface area contributed by atoms with E-state index in [4.69, 9.17) is 4.74 Å². The number of hydrogen-bond donors (Lipinski definition) is 0. The molecule has 0 saturated heterocycles. The highest BCUT2D eigenvalue weighted by atomic mass is 16.5. The van der Waals surface area contributed by atoms with E-state index in [1.807, 2.05) is 6.92 Å². The van der Waals surface area contributed by atoms with E-state index < -0.39 is 0 Å². The SMILES string of the molecule is COCn1ncc(C)c1C=O. The summed E-state index contributed by atoms with van der Waals surface area (Å²) in [5.74, 6) is 0. The van der Waals surface area contributed by atoms with Gasteiger partial charge in [0.05, 0.1) is 6.20 Å². The van der Waals surface area contributed by atoms with E-state index in [2.05, 4.69) is 5.10 Å². The van der Waals surface area contributed by atoms with Crippen molar-refractivity contribution in [3.05, 3.63) is 17.5 Å². The van der Waals surface area contributed by atoms with Crippen molar-refractivity contribution in [2.24, 2.45) is 0 Å². The minimum Gasteiger partial charge on any atom is -0.362 e. The van der Waals surface area contributed by atoms with E-state index in [-0.39, 0.29) is 0 Å². The van der Waals surface area contributed by atoms with Crippen molar-refractivity contribution in [2.75, 3.05) is 7.11 Å². The number of hydrogen-bond acceptors (Lipinski definition) is 3. The molecule has 1 aromatic heterocycles. The van der Waals surface area contributed by atoms with Gasteiger partial charge in [-0.1, -0.05) is 0 Å². The predicted molar refractivity (Wildman–Crippen MR) is 39.4 cm³/mol. The minimum atomic E-state index is 0.321. The Hall–Kier alpha value is -1.16. The largest absolute Gasteiger partial charge is 0.362 e. The molecular formula is C7H10N2O2. The van der Waals surface area contributed by atoms with E-state index in [1.165, 1.54) is 4.68 Å². The maximum absolute atomic E-state index is 10.5. The summed E-state index contributed by atoms with van der Waals surface area (Å²) in [6.45, 7) is 2.16. The Morgan fingerprint density at radius 3 is 3.09 bits per heavy atom. The third-order valence-electron chi connectivity index (χ3n) is 1.44. The minimum absolute atomic E-state index is 0.321. The Kier molecular flexibility index (Phi) is 2.38. The number of aromatic nitrogens is 2. The summed E-state index contributed by atoms with van der Waals surface area (Å²) in [5, 5.41) is 3.94. The van der Waals surface area contributed by atoms with Crippen molar-refractivity contribution in [3.8, 4) is 0 Å². The third-order valence-corrected chi connectivity index (χ3v) is 1.44. The topological polar surface area (TPSA) is 44.1 Å². The summed E-state index contributed by atoms with van der Waals surface area (Å²) < 4.78 is 6.34. The van der Waals surface area contributed by atoms with Crippen molar-refractivity contribution in [1.29, 1.82) is 0 Å². The van der Waals surface area contributed by atoms with E-state index in [9.17, 15) is 4.79 Å². The summed E-state index contributed by atoms with van der Waals surface area (Å²) in [6, 6.07) is 0. The average Bonchev–Trinajstić information content (AvgIpc) is 2.33. The van der Waals surface area contributed by atoms with Crippen molar-refractivity contribution < 1.29 is 9.53 Å². The second kappa shape index (κ2) is 3.30. The van der Waals surface area contributed by atoms with Gasteiger partial charge in [-0.05, 0) is 12.5 Å². The van der Waals surface area contributed by atoms with Gasteiger partial charge in [0.2, 0.25) is 0 Å². The molecule has 0 N–H and O–H groups in total. The Morgan fingerprint density at radius 2 is 2.55 bits per heavy atom. The van der Waals surface area contributed by atoms with Gasteiger partial charge in [-0.25, -0.2) is 4.68 Å². The van der Waals surface area contributed by atoms with Crippen LogP contribution in [0.3, 0.4) is 0 Å². The first-order valence-electron chi connectivity index (χ1n) is 3.26. The first kappa shape index (κ1) is 7.94. The molecule has 0 saturated carbocycles. The summed E-state index contributed by atoms with van der Waals surface area (Å²) >= 11 is 0. The van der Waals surface area contributed by atoms with Crippen LogP contribution < -0.4 is 0 Å². The molecule has 0 spiro atoms. The maximum atomic E-state index is 10.5. The van der Waals surface area contributed by atoms with Gasteiger partial charge in [0.25, 0.3) is 0 Å². The lowest BCUT2D eigenvalue weighted by Gasteiger charge is -1.99. The number of aryl methyl sites for hydroxylation is 1. The summed E-state index contributed by atoms with van der Waals surface area (Å²) in [7, 11) is 1.56. The van der Waals surface area contributed by atoms with Gasteiger partial charge >= 0.3 is 0 Å². The van der Waals surface area contributed by atoms with E-state index in [0.29, 0.717) is 12.4 Å². The molecule has 1 aromatic rings. The van der Waals surface area contributed by atoms with Crippen LogP contribution in [0.2, 0.25) is 0 Å². The molecule has 4 heteroatoms. The Morgan fingerprint density at radius 1 is 1.82 bits per heavy atom. The molecule has 0 bridgehead atoms. The quantitative estimate of drug-likeness (QED) is 0.599. The smallest absolute Gasteiger partial charge is 0.168 e. The van der Waals surface area contributed by atoms with Crippen LogP contribution in [-0.4, -0.2) is 23.2 Å². The molecule has 4 nitrogen and oxygen atoms in total. The summed E-state index contributed by atoms with van der Waals surface area (Å²) in [5.41, 5.74) is 1.45. The molecule has 1 rings (SSSR count). The summed E-state index contributed by atoms with van der Waals surface area (Å²) in [6.07, 6.45) is 2.42. The van der Waals surface area contributed by atoms with E-state index >= 15 is 0 Å². The average molecular weight is 154 g/mol. The zero-order chi connectivity index (χ0) is 8.27. The number of aldehydes is 1. The van der Waals surface area contributed by atoms with Crippen LogP contribution in [0, 0.1) is 6.92 Å². The highest BCUT2D eigenvalue weighted by molar-refractivity contribution is 5.74. The van der Waals surface area contributed by atoms with Gasteiger partial charge in [-0.15, -0.1) is 0 Å². The van der Waals surface area contributed by atoms with Crippen LogP contribution in [0.25, 0.3) is 0 Å². The Bertz CT molecular complexity index is 255. The van der Waals surface area contributed by atoms with Crippen LogP contribution in [0.4, 0.5) is 0 Å². The van der Waals surface area contributed by atoms with E-state index in [1.54, 1.807) is 13.3 Å². The van der Waals surface area contributed by atoms with Crippen LogP contribution in [0.15, 0.2) is 6.20 Å². The predicted octanol–water partition coefficient (Wildman–Crippen LogP) is 0.608. The normalized spacial score (nSPS) is 10.0. The fraction of sp³-hybridized carbons (Fsp3) is 0.429. The molecule has 0 fully saturated rings. The van der Waals surface area contributed by atoms with Gasteiger partial charge in [0.1, 0.15) is 12.4 Å². The Labute approximate surface area is 64.8 Å². The maximum Gasteiger partial charge on any atom is 0.168 e. The molecule has 0 atom stereocenters. The number of ether oxygens (including phenoxy) is 1. The molecule has 0 radical (unpaired) electrons. The van der Waals surface area contributed by atoms with Gasteiger partial charge < -0.3 is 4.74 Å². The second-order valence-corrected chi connectivity index (χ2v) is 2.25. The summed E-state index contributed by atoms with van der Waals surface area (Å²) in [4.78, 5) is 10.5. The van der Waals surface area contributed by atoms with Crippen LogP contribution in [-0.2, 0) is 11.5 Å². The zero-order valence-corrected chi connectivity index (χ0v) is 6.57. The van der Waals surface area contributed by atoms with Crippen molar-refractivity contribution in [3.63, 3.8) is 0 Å². The molecular weight excluding hydrogens is 144 g/mol. The highest BCUT2D eigenvalue weighted by Gasteiger charge is 2.03. The number of carbonyl (C=O) groups is 1. The third kappa shape index (κ3) is 1.46. The number of rotatable bonds is 3. The fourth-order valence-electron chi connectivity index (χ4n) is 0.867. The standard InChI is InChI=1S/C7H10N2O2/c1-6-3-8-9(5-11-2)7(6)4-10/h3-4H,5H2,1-2H3.